The van der Waals surface area contributed by atoms with Crippen LogP contribution >= 0.6 is 0 Å². The van der Waals surface area contributed by atoms with E-state index in [4.69, 9.17) is 4.74 Å². The highest BCUT2D eigenvalue weighted by Gasteiger charge is 2.08. The fourth-order valence-electron chi connectivity index (χ4n) is 2.00. The third-order valence-electron chi connectivity index (χ3n) is 3.23. The van der Waals surface area contributed by atoms with Crippen LogP contribution in [0.3, 0.4) is 0 Å². The van der Waals surface area contributed by atoms with Gasteiger partial charge in [0.15, 0.2) is 0 Å². The van der Waals surface area contributed by atoms with Crippen LogP contribution in [-0.2, 0) is 0 Å². The van der Waals surface area contributed by atoms with Gasteiger partial charge in [-0.3, -0.25) is 0 Å². The van der Waals surface area contributed by atoms with Gasteiger partial charge in [0.25, 0.3) is 0 Å². The van der Waals surface area contributed by atoms with Crippen molar-refractivity contribution in [1.82, 2.24) is 0 Å². The van der Waals surface area contributed by atoms with Crippen molar-refractivity contribution in [3.8, 4) is 5.75 Å². The molecule has 2 atom stereocenters. The molecule has 0 amide bonds. The number of rotatable bonds is 5. The first kappa shape index (κ1) is 13.6. The van der Waals surface area contributed by atoms with Gasteiger partial charge in [-0.05, 0) is 36.6 Å². The summed E-state index contributed by atoms with van der Waals surface area (Å²) in [4.78, 5) is 0. The molecular weight excluding hydrogens is 236 g/mol. The third-order valence-corrected chi connectivity index (χ3v) is 3.23. The Morgan fingerprint density at radius 1 is 0.947 bits per heavy atom. The molecule has 0 heterocycles. The van der Waals surface area contributed by atoms with Crippen LogP contribution in [0.2, 0.25) is 0 Å². The van der Waals surface area contributed by atoms with Crippen molar-refractivity contribution in [1.29, 1.82) is 0 Å². The molecule has 100 valence electrons. The van der Waals surface area contributed by atoms with Gasteiger partial charge in [-0.2, -0.15) is 0 Å². The molecule has 2 aromatic rings. The van der Waals surface area contributed by atoms with Crippen molar-refractivity contribution < 1.29 is 9.84 Å². The molecule has 2 aromatic carbocycles. The number of ether oxygens (including phenoxy) is 1. The molecule has 0 spiro atoms. The summed E-state index contributed by atoms with van der Waals surface area (Å²) in [6.07, 6.45) is 0.351. The van der Waals surface area contributed by atoms with E-state index in [0.29, 0.717) is 0 Å². The van der Waals surface area contributed by atoms with Gasteiger partial charge in [-0.1, -0.05) is 49.4 Å². The average molecular weight is 256 g/mol. The highest BCUT2D eigenvalue weighted by Crippen LogP contribution is 2.24. The molecule has 2 unspecified atom stereocenters. The first-order valence-corrected chi connectivity index (χ1v) is 6.70. The van der Waals surface area contributed by atoms with E-state index in [-0.39, 0.29) is 12.2 Å². The van der Waals surface area contributed by atoms with Crippen LogP contribution in [-0.4, -0.2) is 5.11 Å². The van der Waals surface area contributed by atoms with E-state index >= 15 is 0 Å². The Labute approximate surface area is 114 Å². The van der Waals surface area contributed by atoms with Gasteiger partial charge in [0.05, 0.1) is 6.10 Å². The first-order valence-electron chi connectivity index (χ1n) is 6.70. The lowest BCUT2D eigenvalue weighted by Gasteiger charge is -2.16. The molecule has 0 aliphatic heterocycles. The van der Waals surface area contributed by atoms with E-state index in [1.54, 1.807) is 0 Å². The van der Waals surface area contributed by atoms with Crippen LogP contribution in [0.1, 0.15) is 43.6 Å². The normalized spacial score (nSPS) is 13.8. The van der Waals surface area contributed by atoms with Crippen molar-refractivity contribution in [2.24, 2.45) is 0 Å². The Hall–Kier alpha value is -1.80. The summed E-state index contributed by atoms with van der Waals surface area (Å²) in [5, 5.41) is 9.74. The van der Waals surface area contributed by atoms with Crippen LogP contribution in [0, 0.1) is 0 Å². The van der Waals surface area contributed by atoms with Gasteiger partial charge < -0.3 is 9.84 Å². The van der Waals surface area contributed by atoms with E-state index in [0.717, 1.165) is 23.3 Å². The number of aliphatic hydroxyl groups excluding tert-OH is 1. The topological polar surface area (TPSA) is 29.5 Å². The highest BCUT2D eigenvalue weighted by atomic mass is 16.5. The quantitative estimate of drug-likeness (QED) is 0.865. The molecule has 0 aromatic heterocycles. The van der Waals surface area contributed by atoms with Crippen LogP contribution in [0.4, 0.5) is 0 Å². The minimum Gasteiger partial charge on any atom is -0.486 e. The molecule has 2 nitrogen and oxygen atoms in total. The summed E-state index contributed by atoms with van der Waals surface area (Å²) in [6, 6.07) is 17.8. The monoisotopic (exact) mass is 256 g/mol. The zero-order valence-electron chi connectivity index (χ0n) is 11.4. The van der Waals surface area contributed by atoms with Crippen molar-refractivity contribution in [3.63, 3.8) is 0 Å². The summed E-state index contributed by atoms with van der Waals surface area (Å²) < 4.78 is 5.89. The predicted molar refractivity (Wildman–Crippen MR) is 77.2 cm³/mol. The maximum absolute atomic E-state index is 9.74. The van der Waals surface area contributed by atoms with Crippen LogP contribution in [0.25, 0.3) is 0 Å². The van der Waals surface area contributed by atoms with Gasteiger partial charge in [0, 0.05) is 0 Å². The van der Waals surface area contributed by atoms with Crippen molar-refractivity contribution in [2.75, 3.05) is 0 Å². The SMILES string of the molecule is CCC(O)c1ccc(OC(C)c2ccccc2)cc1. The second-order valence-electron chi connectivity index (χ2n) is 4.66. The predicted octanol–water partition coefficient (Wildman–Crippen LogP) is 4.27. The maximum atomic E-state index is 9.74. The fraction of sp³-hybridized carbons (Fsp3) is 0.294. The molecule has 0 fully saturated rings. The minimum atomic E-state index is -0.388. The molecular formula is C17H20O2. The second kappa shape index (κ2) is 6.39. The first-order chi connectivity index (χ1) is 9.20. The molecule has 19 heavy (non-hydrogen) atoms. The zero-order chi connectivity index (χ0) is 13.7. The molecule has 0 bridgehead atoms. The van der Waals surface area contributed by atoms with Gasteiger partial charge in [0.1, 0.15) is 11.9 Å². The zero-order valence-corrected chi connectivity index (χ0v) is 11.4. The molecule has 0 aliphatic rings. The van der Waals surface area contributed by atoms with E-state index in [9.17, 15) is 5.11 Å². The minimum absolute atomic E-state index is 0.0168. The van der Waals surface area contributed by atoms with E-state index in [1.165, 1.54) is 0 Å². The van der Waals surface area contributed by atoms with Crippen molar-refractivity contribution >= 4 is 0 Å². The lowest BCUT2D eigenvalue weighted by Crippen LogP contribution is -2.03. The Kier molecular flexibility index (Phi) is 4.58. The van der Waals surface area contributed by atoms with Gasteiger partial charge >= 0.3 is 0 Å². The third kappa shape index (κ3) is 3.58. The van der Waals surface area contributed by atoms with E-state index in [2.05, 4.69) is 12.1 Å². The molecule has 2 heteroatoms. The number of hydrogen-bond donors (Lipinski definition) is 1. The summed E-state index contributed by atoms with van der Waals surface area (Å²) in [5.74, 6) is 0.823. The molecule has 0 radical (unpaired) electrons. The van der Waals surface area contributed by atoms with Crippen LogP contribution in [0.5, 0.6) is 5.75 Å². The smallest absolute Gasteiger partial charge is 0.121 e. The summed E-state index contributed by atoms with van der Waals surface area (Å²) in [5.41, 5.74) is 2.09. The Bertz CT molecular complexity index is 490. The standard InChI is InChI=1S/C17H20O2/c1-3-17(18)15-9-11-16(12-10-15)19-13(2)14-7-5-4-6-8-14/h4-13,17-18H,3H2,1-2H3. The van der Waals surface area contributed by atoms with Crippen molar-refractivity contribution in [3.05, 3.63) is 65.7 Å². The van der Waals surface area contributed by atoms with Crippen molar-refractivity contribution in [2.45, 2.75) is 32.5 Å². The summed E-state index contributed by atoms with van der Waals surface area (Å²) in [6.45, 7) is 4.00. The lowest BCUT2D eigenvalue weighted by atomic mass is 10.1. The number of aliphatic hydroxyl groups is 1. The summed E-state index contributed by atoms with van der Waals surface area (Å²) in [7, 11) is 0. The lowest BCUT2D eigenvalue weighted by molar-refractivity contribution is 0.173. The molecule has 1 N–H and O–H groups in total. The summed E-state index contributed by atoms with van der Waals surface area (Å²) >= 11 is 0. The average Bonchev–Trinajstić information content (AvgIpc) is 2.48. The Morgan fingerprint density at radius 3 is 2.16 bits per heavy atom. The highest BCUT2D eigenvalue weighted by molar-refractivity contribution is 5.29. The largest absolute Gasteiger partial charge is 0.486 e. The van der Waals surface area contributed by atoms with Gasteiger partial charge in [0.2, 0.25) is 0 Å². The van der Waals surface area contributed by atoms with Gasteiger partial charge in [-0.25, -0.2) is 0 Å². The maximum Gasteiger partial charge on any atom is 0.121 e. The fourth-order valence-corrected chi connectivity index (χ4v) is 2.00. The molecule has 0 aliphatic carbocycles. The van der Waals surface area contributed by atoms with Gasteiger partial charge in [-0.15, -0.1) is 0 Å². The molecule has 0 saturated heterocycles. The van der Waals surface area contributed by atoms with E-state index < -0.39 is 0 Å². The van der Waals surface area contributed by atoms with E-state index in [1.807, 2.05) is 56.3 Å². The second-order valence-corrected chi connectivity index (χ2v) is 4.66. The van der Waals surface area contributed by atoms with Crippen LogP contribution < -0.4 is 4.74 Å². The Balaban J connectivity index is 2.04. The van der Waals surface area contributed by atoms with Crippen LogP contribution in [0.15, 0.2) is 54.6 Å². The molecule has 2 rings (SSSR count). The Morgan fingerprint density at radius 2 is 1.58 bits per heavy atom. The molecule has 0 saturated carbocycles. The number of hydrogen-bond acceptors (Lipinski definition) is 2. The number of benzene rings is 2.